The van der Waals surface area contributed by atoms with E-state index >= 15 is 0 Å². The molecule has 0 aromatic carbocycles. The van der Waals surface area contributed by atoms with Crippen molar-refractivity contribution in [2.24, 2.45) is 0 Å². The van der Waals surface area contributed by atoms with E-state index in [4.69, 9.17) is 5.11 Å². The molecule has 0 aliphatic carbocycles. The van der Waals surface area contributed by atoms with Crippen molar-refractivity contribution < 1.29 is 14.7 Å². The van der Waals surface area contributed by atoms with Crippen molar-refractivity contribution in [1.82, 2.24) is 5.32 Å². The minimum atomic E-state index is -0.849. The van der Waals surface area contributed by atoms with Crippen molar-refractivity contribution in [1.29, 1.82) is 0 Å². The van der Waals surface area contributed by atoms with Gasteiger partial charge in [-0.3, -0.25) is 9.59 Å². The third kappa shape index (κ3) is 6.56. The number of aliphatic carboxylic acids is 1. The van der Waals surface area contributed by atoms with E-state index in [1.165, 1.54) is 0 Å². The average molecular weight is 261 g/mol. The van der Waals surface area contributed by atoms with Gasteiger partial charge >= 0.3 is 5.97 Å². The highest BCUT2D eigenvalue weighted by Gasteiger charge is 2.25. The number of amides is 1. The van der Waals surface area contributed by atoms with Gasteiger partial charge in [0.05, 0.1) is 0 Å². The molecule has 5 heteroatoms. The highest BCUT2D eigenvalue weighted by molar-refractivity contribution is 8.00. The summed E-state index contributed by atoms with van der Waals surface area (Å²) in [6.07, 6.45) is 4.85. The zero-order valence-corrected chi connectivity index (χ0v) is 11.7. The first-order valence-electron chi connectivity index (χ1n) is 6.03. The molecule has 17 heavy (non-hydrogen) atoms. The van der Waals surface area contributed by atoms with Crippen LogP contribution in [0.3, 0.4) is 0 Å². The Morgan fingerprint density at radius 3 is 2.24 bits per heavy atom. The van der Waals surface area contributed by atoms with Gasteiger partial charge in [0.2, 0.25) is 5.91 Å². The zero-order chi connectivity index (χ0) is 13.3. The minimum absolute atomic E-state index is 0.0495. The second kappa shape index (κ2) is 8.39. The predicted octanol–water partition coefficient (Wildman–Crippen LogP) is 2.28. The van der Waals surface area contributed by atoms with E-state index in [-0.39, 0.29) is 17.1 Å². The number of thioether (sulfide) groups is 1. The molecular formula is C12H23NO3S. The summed E-state index contributed by atoms with van der Waals surface area (Å²) < 4.78 is 0.114. The fraction of sp³-hybridized carbons (Fsp3) is 0.833. The SMILES string of the molecule is CCC(CC)(CNC(=O)CCCC(=O)O)SC. The standard InChI is InChI=1S/C12H23NO3S/c1-4-12(5-2,17-3)9-13-10(14)7-6-8-11(15)16/h4-9H2,1-3H3,(H,13,14)(H,15,16). The monoisotopic (exact) mass is 261 g/mol. The van der Waals surface area contributed by atoms with Crippen LogP contribution in [0, 0.1) is 0 Å². The maximum absolute atomic E-state index is 11.5. The van der Waals surface area contributed by atoms with Gasteiger partial charge in [0.1, 0.15) is 0 Å². The molecule has 0 atom stereocenters. The van der Waals surface area contributed by atoms with Crippen LogP contribution in [-0.2, 0) is 9.59 Å². The van der Waals surface area contributed by atoms with Crippen molar-refractivity contribution in [2.45, 2.75) is 50.7 Å². The van der Waals surface area contributed by atoms with E-state index in [1.807, 2.05) is 0 Å². The fourth-order valence-corrected chi connectivity index (χ4v) is 2.40. The fourth-order valence-electron chi connectivity index (χ4n) is 1.61. The number of hydrogen-bond acceptors (Lipinski definition) is 3. The van der Waals surface area contributed by atoms with Crippen molar-refractivity contribution >= 4 is 23.6 Å². The lowest BCUT2D eigenvalue weighted by Gasteiger charge is -2.29. The Bertz CT molecular complexity index is 244. The molecule has 0 aromatic rings. The third-order valence-electron chi connectivity index (χ3n) is 3.12. The van der Waals surface area contributed by atoms with Gasteiger partial charge in [-0.05, 0) is 25.5 Å². The average Bonchev–Trinajstić information content (AvgIpc) is 2.31. The Morgan fingerprint density at radius 1 is 1.24 bits per heavy atom. The lowest BCUT2D eigenvalue weighted by molar-refractivity contribution is -0.137. The van der Waals surface area contributed by atoms with Gasteiger partial charge in [-0.1, -0.05) is 13.8 Å². The molecule has 0 bridgehead atoms. The summed E-state index contributed by atoms with van der Waals surface area (Å²) in [5.74, 6) is -0.898. The number of nitrogens with one attached hydrogen (secondary N) is 1. The molecule has 0 radical (unpaired) electrons. The van der Waals surface area contributed by atoms with Crippen LogP contribution in [0.15, 0.2) is 0 Å². The third-order valence-corrected chi connectivity index (χ3v) is 4.71. The predicted molar refractivity (Wildman–Crippen MR) is 71.3 cm³/mol. The smallest absolute Gasteiger partial charge is 0.303 e. The van der Waals surface area contributed by atoms with Crippen molar-refractivity contribution in [3.8, 4) is 0 Å². The van der Waals surface area contributed by atoms with E-state index < -0.39 is 5.97 Å². The second-order valence-corrected chi connectivity index (χ2v) is 5.39. The first-order valence-corrected chi connectivity index (χ1v) is 7.25. The van der Waals surface area contributed by atoms with Gasteiger partial charge in [-0.25, -0.2) is 0 Å². The summed E-state index contributed by atoms with van der Waals surface area (Å²) in [5.41, 5.74) is 0. The lowest BCUT2D eigenvalue weighted by atomic mass is 10.0. The van der Waals surface area contributed by atoms with E-state index in [1.54, 1.807) is 11.8 Å². The maximum Gasteiger partial charge on any atom is 0.303 e. The van der Waals surface area contributed by atoms with Crippen LogP contribution >= 0.6 is 11.8 Å². The summed E-state index contributed by atoms with van der Waals surface area (Å²) in [7, 11) is 0. The van der Waals surface area contributed by atoms with E-state index in [0.717, 1.165) is 12.8 Å². The van der Waals surface area contributed by atoms with Crippen LogP contribution in [0.2, 0.25) is 0 Å². The Hall–Kier alpha value is -0.710. The Kier molecular flexibility index (Phi) is 8.04. The van der Waals surface area contributed by atoms with Gasteiger partial charge in [0, 0.05) is 24.1 Å². The van der Waals surface area contributed by atoms with Crippen LogP contribution < -0.4 is 5.32 Å². The molecule has 0 spiro atoms. The van der Waals surface area contributed by atoms with Gasteiger partial charge < -0.3 is 10.4 Å². The van der Waals surface area contributed by atoms with Crippen molar-refractivity contribution in [2.75, 3.05) is 12.8 Å². The number of rotatable bonds is 9. The first-order chi connectivity index (χ1) is 7.99. The summed E-state index contributed by atoms with van der Waals surface area (Å²) in [6.45, 7) is 4.90. The molecule has 100 valence electrons. The van der Waals surface area contributed by atoms with Crippen molar-refractivity contribution in [3.63, 3.8) is 0 Å². The van der Waals surface area contributed by atoms with Crippen LogP contribution in [0.1, 0.15) is 46.0 Å². The molecule has 0 saturated carbocycles. The van der Waals surface area contributed by atoms with Crippen LogP contribution in [0.25, 0.3) is 0 Å². The molecule has 0 aliphatic rings. The number of hydrogen-bond donors (Lipinski definition) is 2. The summed E-state index contributed by atoms with van der Waals surface area (Å²) >= 11 is 1.78. The van der Waals surface area contributed by atoms with E-state index in [9.17, 15) is 9.59 Å². The molecule has 1 amide bonds. The molecule has 0 aromatic heterocycles. The number of carboxylic acids is 1. The second-order valence-electron chi connectivity index (χ2n) is 4.12. The number of carbonyl (C=O) groups is 2. The molecule has 0 aliphatic heterocycles. The Labute approximate surface area is 108 Å². The highest BCUT2D eigenvalue weighted by Crippen LogP contribution is 2.29. The summed E-state index contributed by atoms with van der Waals surface area (Å²) in [4.78, 5) is 21.8. The molecular weight excluding hydrogens is 238 g/mol. The van der Waals surface area contributed by atoms with E-state index in [2.05, 4.69) is 25.4 Å². The highest BCUT2D eigenvalue weighted by atomic mass is 32.2. The minimum Gasteiger partial charge on any atom is -0.481 e. The summed E-state index contributed by atoms with van der Waals surface area (Å²) in [6, 6.07) is 0. The maximum atomic E-state index is 11.5. The number of carboxylic acid groups (broad SMARTS) is 1. The number of carbonyl (C=O) groups excluding carboxylic acids is 1. The molecule has 4 nitrogen and oxygen atoms in total. The molecule has 0 heterocycles. The summed E-state index contributed by atoms with van der Waals surface area (Å²) in [5, 5.41) is 11.4. The molecule has 0 saturated heterocycles. The largest absolute Gasteiger partial charge is 0.481 e. The molecule has 0 fully saturated rings. The Balaban J connectivity index is 3.92. The van der Waals surface area contributed by atoms with E-state index in [0.29, 0.717) is 19.4 Å². The lowest BCUT2D eigenvalue weighted by Crippen LogP contribution is -2.39. The molecule has 0 rings (SSSR count). The normalized spacial score (nSPS) is 11.2. The zero-order valence-electron chi connectivity index (χ0n) is 10.9. The molecule has 0 unspecified atom stereocenters. The van der Waals surface area contributed by atoms with Crippen LogP contribution in [-0.4, -0.2) is 34.5 Å². The van der Waals surface area contributed by atoms with Gasteiger partial charge in [0.25, 0.3) is 0 Å². The van der Waals surface area contributed by atoms with Gasteiger partial charge in [-0.15, -0.1) is 0 Å². The first kappa shape index (κ1) is 16.3. The Morgan fingerprint density at radius 2 is 1.82 bits per heavy atom. The topological polar surface area (TPSA) is 66.4 Å². The quantitative estimate of drug-likeness (QED) is 0.668. The molecule has 2 N–H and O–H groups in total. The van der Waals surface area contributed by atoms with Crippen LogP contribution in [0.4, 0.5) is 0 Å². The van der Waals surface area contributed by atoms with Gasteiger partial charge in [0.15, 0.2) is 0 Å². The van der Waals surface area contributed by atoms with Crippen molar-refractivity contribution in [3.05, 3.63) is 0 Å². The van der Waals surface area contributed by atoms with Gasteiger partial charge in [-0.2, -0.15) is 11.8 Å². The van der Waals surface area contributed by atoms with Crippen LogP contribution in [0.5, 0.6) is 0 Å².